The Morgan fingerprint density at radius 2 is 1.94 bits per heavy atom. The predicted molar refractivity (Wildman–Crippen MR) is 137 cm³/mol. The number of benzene rings is 1. The predicted octanol–water partition coefficient (Wildman–Crippen LogP) is 2.87. The number of carbonyl (C=O) groups is 3. The second-order valence-electron chi connectivity index (χ2n) is 8.90. The highest BCUT2D eigenvalue weighted by Gasteiger charge is 2.39. The number of rotatable bonds is 16. The maximum atomic E-state index is 12.4. The largest absolute Gasteiger partial charge is 0.462 e. The summed E-state index contributed by atoms with van der Waals surface area (Å²) < 4.78 is 14.8. The molecule has 1 aromatic rings. The lowest BCUT2D eigenvalue weighted by Gasteiger charge is -2.18. The number of aliphatic hydroxyl groups is 2. The third kappa shape index (κ3) is 11.2. The van der Waals surface area contributed by atoms with Crippen LogP contribution >= 0.6 is 11.8 Å². The molecule has 0 bridgehead atoms. The maximum Gasteiger partial charge on any atom is 0.305 e. The average Bonchev–Trinajstić information content (AvgIpc) is 3.09. The molecule has 0 unspecified atom stereocenters. The zero-order chi connectivity index (χ0) is 26.3. The molecular formula is C27H38O8S. The van der Waals surface area contributed by atoms with Crippen molar-refractivity contribution in [1.29, 1.82) is 0 Å². The Kier molecular flexibility index (Phi) is 13.8. The van der Waals surface area contributed by atoms with E-state index in [-0.39, 0.29) is 49.6 Å². The van der Waals surface area contributed by atoms with Gasteiger partial charge in [0.2, 0.25) is 0 Å². The molecule has 0 radical (unpaired) electrons. The molecule has 1 fully saturated rings. The molecule has 4 atom stereocenters. The molecule has 0 saturated heterocycles. The summed E-state index contributed by atoms with van der Waals surface area (Å²) in [5.41, 5.74) is 2.03. The number of esters is 2. The Morgan fingerprint density at radius 3 is 2.69 bits per heavy atom. The summed E-state index contributed by atoms with van der Waals surface area (Å²) in [5.74, 6) is 0.232. The van der Waals surface area contributed by atoms with Crippen molar-refractivity contribution in [3.05, 3.63) is 47.5 Å². The van der Waals surface area contributed by atoms with Gasteiger partial charge in [-0.2, -0.15) is 11.8 Å². The molecule has 1 aromatic carbocycles. The minimum Gasteiger partial charge on any atom is -0.462 e. The highest BCUT2D eigenvalue weighted by atomic mass is 32.2. The molecule has 2 rings (SSSR count). The molecule has 1 saturated carbocycles. The number of methoxy groups -OCH3 is 1. The summed E-state index contributed by atoms with van der Waals surface area (Å²) >= 11 is 1.66. The number of aliphatic hydroxyl groups excluding tert-OH is 2. The normalized spacial score (nSPS) is 20.6. The van der Waals surface area contributed by atoms with Crippen LogP contribution in [0.2, 0.25) is 0 Å². The molecule has 200 valence electrons. The zero-order valence-corrected chi connectivity index (χ0v) is 21.9. The Morgan fingerprint density at radius 1 is 1.19 bits per heavy atom. The van der Waals surface area contributed by atoms with Gasteiger partial charge in [-0.1, -0.05) is 36.4 Å². The van der Waals surface area contributed by atoms with E-state index < -0.39 is 18.2 Å². The quantitative estimate of drug-likeness (QED) is 0.192. The molecule has 9 heteroatoms. The third-order valence-electron chi connectivity index (χ3n) is 5.93. The fraction of sp³-hybridized carbons (Fsp3) is 0.593. The van der Waals surface area contributed by atoms with Crippen LogP contribution in [0.1, 0.15) is 43.7 Å². The smallest absolute Gasteiger partial charge is 0.305 e. The van der Waals surface area contributed by atoms with Gasteiger partial charge in [-0.3, -0.25) is 14.4 Å². The van der Waals surface area contributed by atoms with E-state index in [1.807, 2.05) is 24.3 Å². The van der Waals surface area contributed by atoms with E-state index in [9.17, 15) is 24.6 Å². The maximum absolute atomic E-state index is 12.4. The number of hydrogen-bond acceptors (Lipinski definition) is 9. The molecule has 2 N–H and O–H groups in total. The van der Waals surface area contributed by atoms with Crippen molar-refractivity contribution < 1.29 is 38.8 Å². The van der Waals surface area contributed by atoms with Gasteiger partial charge in [-0.15, -0.1) is 0 Å². The lowest BCUT2D eigenvalue weighted by Crippen LogP contribution is -2.20. The lowest BCUT2D eigenvalue weighted by molar-refractivity contribution is -0.151. The summed E-state index contributed by atoms with van der Waals surface area (Å²) in [6.45, 7) is 1.93. The summed E-state index contributed by atoms with van der Waals surface area (Å²) in [7, 11) is 1.64. The van der Waals surface area contributed by atoms with Crippen LogP contribution in [0.15, 0.2) is 36.4 Å². The molecule has 1 aliphatic carbocycles. The van der Waals surface area contributed by atoms with Gasteiger partial charge in [0, 0.05) is 45.1 Å². The molecule has 8 nitrogen and oxygen atoms in total. The van der Waals surface area contributed by atoms with Crippen LogP contribution in [-0.4, -0.2) is 72.0 Å². The fourth-order valence-electron chi connectivity index (χ4n) is 4.22. The van der Waals surface area contributed by atoms with Crippen LogP contribution in [0.25, 0.3) is 0 Å². The van der Waals surface area contributed by atoms with Crippen LogP contribution in [-0.2, 0) is 41.6 Å². The van der Waals surface area contributed by atoms with E-state index in [1.165, 1.54) is 6.92 Å². The standard InChI is InChI=1S/C27H38O8S/c1-19(28)34-11-12-35-27(32)7-4-13-36-14-10-24-23(25(30)17-26(24)31)9-8-22(29)16-20-5-3-6-21(15-20)18-33-2/h3,5-6,8-9,15,22-25,29-30H,4,7,10-14,16-18H2,1-2H3/b9-8+/t22-,23-,24-,25-/m1/s1. The fourth-order valence-corrected chi connectivity index (χ4v) is 5.19. The number of ether oxygens (including phenoxy) is 3. The molecule has 0 spiro atoms. The molecule has 0 aromatic heterocycles. The highest BCUT2D eigenvalue weighted by molar-refractivity contribution is 7.99. The van der Waals surface area contributed by atoms with Gasteiger partial charge in [-0.25, -0.2) is 0 Å². The van der Waals surface area contributed by atoms with Gasteiger partial charge in [0.1, 0.15) is 19.0 Å². The van der Waals surface area contributed by atoms with Crippen molar-refractivity contribution in [2.45, 2.75) is 57.8 Å². The second-order valence-corrected chi connectivity index (χ2v) is 10.1. The number of thioether (sulfide) groups is 1. The summed E-state index contributed by atoms with van der Waals surface area (Å²) in [6.07, 6.45) is 4.18. The van der Waals surface area contributed by atoms with Crippen molar-refractivity contribution in [3.8, 4) is 0 Å². The Bertz CT molecular complexity index is 871. The van der Waals surface area contributed by atoms with Crippen molar-refractivity contribution in [2.75, 3.05) is 31.8 Å². The van der Waals surface area contributed by atoms with Gasteiger partial charge in [-0.05, 0) is 35.5 Å². The van der Waals surface area contributed by atoms with Gasteiger partial charge < -0.3 is 24.4 Å². The van der Waals surface area contributed by atoms with Crippen LogP contribution in [0.3, 0.4) is 0 Å². The Labute approximate surface area is 217 Å². The molecule has 36 heavy (non-hydrogen) atoms. The highest BCUT2D eigenvalue weighted by Crippen LogP contribution is 2.34. The minimum absolute atomic E-state index is 0.0517. The van der Waals surface area contributed by atoms with E-state index in [0.717, 1.165) is 22.6 Å². The van der Waals surface area contributed by atoms with Gasteiger partial charge in [0.05, 0.1) is 18.8 Å². The second kappa shape index (κ2) is 16.5. The van der Waals surface area contributed by atoms with Crippen LogP contribution < -0.4 is 0 Å². The monoisotopic (exact) mass is 522 g/mol. The van der Waals surface area contributed by atoms with Gasteiger partial charge >= 0.3 is 11.9 Å². The first kappa shape index (κ1) is 30.0. The number of hydrogen-bond donors (Lipinski definition) is 2. The number of carbonyl (C=O) groups excluding carboxylic acids is 3. The first-order chi connectivity index (χ1) is 17.3. The minimum atomic E-state index is -0.734. The first-order valence-electron chi connectivity index (χ1n) is 12.3. The molecule has 0 heterocycles. The third-order valence-corrected chi connectivity index (χ3v) is 7.03. The van der Waals surface area contributed by atoms with Crippen LogP contribution in [0.5, 0.6) is 0 Å². The summed E-state index contributed by atoms with van der Waals surface area (Å²) in [5, 5.41) is 20.9. The van der Waals surface area contributed by atoms with Crippen molar-refractivity contribution >= 4 is 29.5 Å². The van der Waals surface area contributed by atoms with Crippen molar-refractivity contribution in [1.82, 2.24) is 0 Å². The van der Waals surface area contributed by atoms with Gasteiger partial charge in [0.25, 0.3) is 0 Å². The van der Waals surface area contributed by atoms with Crippen LogP contribution in [0, 0.1) is 11.8 Å². The van der Waals surface area contributed by atoms with Crippen molar-refractivity contribution in [2.24, 2.45) is 11.8 Å². The van der Waals surface area contributed by atoms with E-state index in [2.05, 4.69) is 0 Å². The Hall–Kier alpha value is -2.20. The molecule has 0 amide bonds. The van der Waals surface area contributed by atoms with E-state index in [0.29, 0.717) is 25.9 Å². The van der Waals surface area contributed by atoms with E-state index in [1.54, 1.807) is 31.0 Å². The zero-order valence-electron chi connectivity index (χ0n) is 21.1. The lowest BCUT2D eigenvalue weighted by atomic mass is 9.91. The summed E-state index contributed by atoms with van der Waals surface area (Å²) in [4.78, 5) is 34.8. The van der Waals surface area contributed by atoms with E-state index in [4.69, 9.17) is 14.2 Å². The average molecular weight is 523 g/mol. The van der Waals surface area contributed by atoms with Crippen molar-refractivity contribution in [3.63, 3.8) is 0 Å². The number of Topliss-reactive ketones (excluding diaryl/α,β-unsaturated/α-hetero) is 1. The van der Waals surface area contributed by atoms with E-state index >= 15 is 0 Å². The number of ketones is 1. The first-order valence-corrected chi connectivity index (χ1v) is 13.5. The SMILES string of the molecule is COCc1cccc(C[C@H](O)/C=C/[C@H]2[C@H](O)CC(=O)[C@@H]2CCSCCCC(=O)OCCOC(C)=O)c1. The Balaban J connectivity index is 1.71. The molecular weight excluding hydrogens is 484 g/mol. The van der Waals surface area contributed by atoms with Gasteiger partial charge in [0.15, 0.2) is 0 Å². The summed E-state index contributed by atoms with van der Waals surface area (Å²) in [6, 6.07) is 7.85. The molecule has 0 aliphatic heterocycles. The topological polar surface area (TPSA) is 119 Å². The molecule has 1 aliphatic rings. The van der Waals surface area contributed by atoms with Crippen LogP contribution in [0.4, 0.5) is 0 Å².